The maximum absolute atomic E-state index is 9.27. The van der Waals surface area contributed by atoms with Crippen molar-refractivity contribution < 1.29 is 9.84 Å². The maximum atomic E-state index is 9.27. The molecule has 106 valence electrons. The van der Waals surface area contributed by atoms with E-state index in [2.05, 4.69) is 6.07 Å². The van der Waals surface area contributed by atoms with Gasteiger partial charge in [-0.15, -0.1) is 0 Å². The number of rotatable bonds is 5. The molecule has 0 saturated heterocycles. The van der Waals surface area contributed by atoms with Crippen LogP contribution in [0.15, 0.2) is 42.5 Å². The van der Waals surface area contributed by atoms with Crippen LogP contribution in [-0.4, -0.2) is 11.1 Å². The van der Waals surface area contributed by atoms with Crippen molar-refractivity contribution in [1.29, 1.82) is 0 Å². The molecule has 1 atom stereocenters. The molecule has 0 spiro atoms. The number of para-hydroxylation sites is 1. The Bertz CT molecular complexity index is 562. The number of phenols is 1. The number of hydrogen-bond acceptors (Lipinski definition) is 3. The first kappa shape index (κ1) is 14.4. The number of phenolic OH excluding ortho intramolecular Hbond substituents is 1. The van der Waals surface area contributed by atoms with Gasteiger partial charge in [-0.2, -0.15) is 0 Å². The third kappa shape index (κ3) is 3.75. The molecule has 0 aliphatic heterocycles. The second kappa shape index (κ2) is 6.44. The van der Waals surface area contributed by atoms with Crippen LogP contribution in [0.4, 0.5) is 0 Å². The molecule has 0 radical (unpaired) electrons. The van der Waals surface area contributed by atoms with Crippen molar-refractivity contribution in [1.82, 2.24) is 0 Å². The summed E-state index contributed by atoms with van der Waals surface area (Å²) in [5, 5.41) is 9.27. The Balaban J connectivity index is 2.13. The van der Waals surface area contributed by atoms with Gasteiger partial charge in [0, 0.05) is 6.04 Å². The fourth-order valence-electron chi connectivity index (χ4n) is 2.18. The van der Waals surface area contributed by atoms with E-state index in [4.69, 9.17) is 10.5 Å². The van der Waals surface area contributed by atoms with E-state index in [1.807, 2.05) is 38.1 Å². The molecule has 0 aromatic heterocycles. The number of hydrogen-bond donors (Lipinski definition) is 2. The number of aryl methyl sites for hydroxylation is 1. The van der Waals surface area contributed by atoms with Crippen LogP contribution in [0.25, 0.3) is 0 Å². The van der Waals surface area contributed by atoms with E-state index in [1.54, 1.807) is 12.1 Å². The summed E-state index contributed by atoms with van der Waals surface area (Å²) in [5.41, 5.74) is 9.16. The SMILES string of the molecule is Cc1cccc(CC(C)N)c1OCc1ccc(O)cc1. The summed E-state index contributed by atoms with van der Waals surface area (Å²) in [4.78, 5) is 0. The highest BCUT2D eigenvalue weighted by Crippen LogP contribution is 2.25. The highest BCUT2D eigenvalue weighted by molar-refractivity contribution is 5.41. The quantitative estimate of drug-likeness (QED) is 0.878. The van der Waals surface area contributed by atoms with Gasteiger partial charge in [0.2, 0.25) is 0 Å². The van der Waals surface area contributed by atoms with E-state index >= 15 is 0 Å². The average molecular weight is 271 g/mol. The Hall–Kier alpha value is -2.00. The Kier molecular flexibility index (Phi) is 4.64. The molecule has 1 unspecified atom stereocenters. The molecule has 0 aliphatic carbocycles. The van der Waals surface area contributed by atoms with E-state index in [1.165, 1.54) is 0 Å². The molecule has 0 aliphatic rings. The van der Waals surface area contributed by atoms with E-state index in [0.717, 1.165) is 28.9 Å². The minimum atomic E-state index is 0.104. The van der Waals surface area contributed by atoms with Crippen molar-refractivity contribution in [3.8, 4) is 11.5 Å². The molecular formula is C17H21NO2. The molecular weight excluding hydrogens is 250 g/mol. The number of aromatic hydroxyl groups is 1. The van der Waals surface area contributed by atoms with Crippen LogP contribution in [0.1, 0.15) is 23.6 Å². The summed E-state index contributed by atoms with van der Waals surface area (Å²) in [6, 6.07) is 13.3. The minimum absolute atomic E-state index is 0.104. The van der Waals surface area contributed by atoms with Gasteiger partial charge in [-0.25, -0.2) is 0 Å². The molecule has 3 N–H and O–H groups in total. The standard InChI is InChI=1S/C17H21NO2/c1-12-4-3-5-15(10-13(2)18)17(12)20-11-14-6-8-16(19)9-7-14/h3-9,13,19H,10-11,18H2,1-2H3. The maximum Gasteiger partial charge on any atom is 0.125 e. The van der Waals surface area contributed by atoms with Gasteiger partial charge in [0.05, 0.1) is 0 Å². The summed E-state index contributed by atoms with van der Waals surface area (Å²) in [5.74, 6) is 1.18. The fraction of sp³-hybridized carbons (Fsp3) is 0.294. The lowest BCUT2D eigenvalue weighted by atomic mass is 10.0. The zero-order valence-electron chi connectivity index (χ0n) is 12.0. The topological polar surface area (TPSA) is 55.5 Å². The smallest absolute Gasteiger partial charge is 0.125 e. The summed E-state index contributed by atoms with van der Waals surface area (Å²) < 4.78 is 5.96. The van der Waals surface area contributed by atoms with E-state index in [-0.39, 0.29) is 11.8 Å². The van der Waals surface area contributed by atoms with Crippen LogP contribution in [0.5, 0.6) is 11.5 Å². The van der Waals surface area contributed by atoms with Crippen LogP contribution in [0, 0.1) is 6.92 Å². The van der Waals surface area contributed by atoms with Gasteiger partial charge in [-0.3, -0.25) is 0 Å². The van der Waals surface area contributed by atoms with Crippen LogP contribution in [0.2, 0.25) is 0 Å². The van der Waals surface area contributed by atoms with Crippen molar-refractivity contribution in [2.45, 2.75) is 32.9 Å². The Morgan fingerprint density at radius 1 is 1.15 bits per heavy atom. The van der Waals surface area contributed by atoms with Gasteiger partial charge in [0.15, 0.2) is 0 Å². The van der Waals surface area contributed by atoms with Crippen molar-refractivity contribution in [2.75, 3.05) is 0 Å². The van der Waals surface area contributed by atoms with E-state index in [0.29, 0.717) is 6.61 Å². The van der Waals surface area contributed by atoms with Crippen LogP contribution in [0.3, 0.4) is 0 Å². The lowest BCUT2D eigenvalue weighted by Gasteiger charge is -2.15. The van der Waals surface area contributed by atoms with Crippen LogP contribution >= 0.6 is 0 Å². The summed E-state index contributed by atoms with van der Waals surface area (Å²) in [7, 11) is 0. The minimum Gasteiger partial charge on any atom is -0.508 e. The highest BCUT2D eigenvalue weighted by Gasteiger charge is 2.09. The highest BCUT2D eigenvalue weighted by atomic mass is 16.5. The van der Waals surface area contributed by atoms with Crippen molar-refractivity contribution in [3.63, 3.8) is 0 Å². The first-order valence-corrected chi connectivity index (χ1v) is 6.81. The van der Waals surface area contributed by atoms with E-state index in [9.17, 15) is 5.11 Å². The second-order valence-electron chi connectivity index (χ2n) is 5.20. The molecule has 3 nitrogen and oxygen atoms in total. The van der Waals surface area contributed by atoms with Gasteiger partial charge < -0.3 is 15.6 Å². The van der Waals surface area contributed by atoms with Gasteiger partial charge in [-0.05, 0) is 49.1 Å². The zero-order chi connectivity index (χ0) is 14.5. The average Bonchev–Trinajstić information content (AvgIpc) is 2.39. The first-order chi connectivity index (χ1) is 9.56. The molecule has 0 heterocycles. The zero-order valence-corrected chi connectivity index (χ0v) is 12.0. The molecule has 20 heavy (non-hydrogen) atoms. The Labute approximate surface area is 120 Å². The predicted molar refractivity (Wildman–Crippen MR) is 81.0 cm³/mol. The normalized spacial score (nSPS) is 12.2. The lowest BCUT2D eigenvalue weighted by Crippen LogP contribution is -2.18. The monoisotopic (exact) mass is 271 g/mol. The number of ether oxygens (including phenoxy) is 1. The largest absolute Gasteiger partial charge is 0.508 e. The summed E-state index contributed by atoms with van der Waals surface area (Å²) in [6.45, 7) is 4.51. The molecule has 2 aromatic rings. The van der Waals surface area contributed by atoms with Gasteiger partial charge in [0.25, 0.3) is 0 Å². The van der Waals surface area contributed by atoms with Gasteiger partial charge in [0.1, 0.15) is 18.1 Å². The van der Waals surface area contributed by atoms with Crippen LogP contribution in [-0.2, 0) is 13.0 Å². The molecule has 0 bridgehead atoms. The van der Waals surface area contributed by atoms with Crippen molar-refractivity contribution >= 4 is 0 Å². The fourth-order valence-corrected chi connectivity index (χ4v) is 2.18. The van der Waals surface area contributed by atoms with Crippen molar-refractivity contribution in [2.24, 2.45) is 5.73 Å². The molecule has 2 rings (SSSR count). The van der Waals surface area contributed by atoms with Gasteiger partial charge in [-0.1, -0.05) is 30.3 Å². The molecule has 2 aromatic carbocycles. The predicted octanol–water partition coefficient (Wildman–Crippen LogP) is 3.17. The lowest BCUT2D eigenvalue weighted by molar-refractivity contribution is 0.300. The van der Waals surface area contributed by atoms with E-state index < -0.39 is 0 Å². The number of benzene rings is 2. The summed E-state index contributed by atoms with van der Waals surface area (Å²) in [6.07, 6.45) is 0.798. The third-order valence-electron chi connectivity index (χ3n) is 3.15. The van der Waals surface area contributed by atoms with Crippen LogP contribution < -0.4 is 10.5 Å². The first-order valence-electron chi connectivity index (χ1n) is 6.81. The Morgan fingerprint density at radius 2 is 1.85 bits per heavy atom. The second-order valence-corrected chi connectivity index (χ2v) is 5.20. The Morgan fingerprint density at radius 3 is 2.50 bits per heavy atom. The molecule has 0 fully saturated rings. The number of nitrogens with two attached hydrogens (primary N) is 1. The van der Waals surface area contributed by atoms with Gasteiger partial charge >= 0.3 is 0 Å². The molecule has 0 amide bonds. The molecule has 0 saturated carbocycles. The summed E-state index contributed by atoms with van der Waals surface area (Å²) >= 11 is 0. The third-order valence-corrected chi connectivity index (χ3v) is 3.15. The molecule has 3 heteroatoms. The van der Waals surface area contributed by atoms with Crippen molar-refractivity contribution in [3.05, 3.63) is 59.2 Å².